The summed E-state index contributed by atoms with van der Waals surface area (Å²) in [7, 11) is -3.61. The van der Waals surface area contributed by atoms with Crippen molar-refractivity contribution in [1.82, 2.24) is 4.72 Å². The first-order valence-corrected chi connectivity index (χ1v) is 6.16. The monoisotopic (exact) mass is 249 g/mol. The maximum atomic E-state index is 11.6. The number of carboxylic acid groups (broad SMARTS) is 1. The predicted molar refractivity (Wildman–Crippen MR) is 56.0 cm³/mol. The van der Waals surface area contributed by atoms with Crippen LogP contribution in [0.4, 0.5) is 0 Å². The van der Waals surface area contributed by atoms with Gasteiger partial charge in [-0.25, -0.2) is 13.1 Å². The van der Waals surface area contributed by atoms with E-state index in [1.54, 1.807) is 12.1 Å². The number of carbonyl (C=O) groups excluding carboxylic acids is 1. The van der Waals surface area contributed by atoms with E-state index in [4.69, 9.17) is 0 Å². The summed E-state index contributed by atoms with van der Waals surface area (Å²) in [5.41, 5.74) is 0.952. The van der Waals surface area contributed by atoms with Crippen molar-refractivity contribution >= 4 is 16.0 Å². The molecule has 7 heteroatoms. The van der Waals surface area contributed by atoms with Gasteiger partial charge >= 0.3 is 18.9 Å². The largest absolute Gasteiger partial charge is 1.00 e. The molecular weight excluding hydrogens is 237 g/mol. The van der Waals surface area contributed by atoms with Gasteiger partial charge < -0.3 is 9.90 Å². The Hall–Kier alpha value is -0.803. The fourth-order valence-corrected chi connectivity index (χ4v) is 2.12. The molecule has 5 nitrogen and oxygen atoms in total. The third-order valence-electron chi connectivity index (χ3n) is 1.95. The molecule has 0 heterocycles. The van der Waals surface area contributed by atoms with Crippen molar-refractivity contribution in [2.75, 3.05) is 6.54 Å². The van der Waals surface area contributed by atoms with Crippen LogP contribution >= 0.6 is 0 Å². The molecule has 1 aromatic carbocycles. The molecule has 0 saturated carbocycles. The van der Waals surface area contributed by atoms with Gasteiger partial charge in [-0.1, -0.05) is 17.7 Å². The van der Waals surface area contributed by atoms with Gasteiger partial charge in [0.2, 0.25) is 10.0 Å². The summed E-state index contributed by atoms with van der Waals surface area (Å²) in [6, 6.07) is 6.29. The summed E-state index contributed by atoms with van der Waals surface area (Å²) in [5, 5.41) is 10.1. The first-order chi connectivity index (χ1) is 7.42. The number of hydrogen-bond donors (Lipinski definition) is 1. The summed E-state index contributed by atoms with van der Waals surface area (Å²) in [6.45, 7) is 1.68. The number of carbonyl (C=O) groups is 1. The van der Waals surface area contributed by atoms with Gasteiger partial charge in [0.1, 0.15) is 0 Å². The van der Waals surface area contributed by atoms with Crippen molar-refractivity contribution in [3.63, 3.8) is 0 Å². The molecule has 0 unspecified atom stereocenters. The molecule has 0 aromatic heterocycles. The maximum Gasteiger partial charge on any atom is 1.00 e. The Morgan fingerprint density at radius 3 is 2.29 bits per heavy atom. The van der Waals surface area contributed by atoms with Crippen molar-refractivity contribution in [2.24, 2.45) is 0 Å². The third kappa shape index (κ3) is 5.37. The molecule has 0 bridgehead atoms. The van der Waals surface area contributed by atoms with Crippen molar-refractivity contribution < 1.29 is 37.2 Å². The molecule has 0 amide bonds. The fraction of sp³-hybridized carbons (Fsp3) is 0.300. The molecule has 0 aliphatic carbocycles. The van der Waals surface area contributed by atoms with Crippen LogP contribution in [0.2, 0.25) is 0 Å². The minimum absolute atomic E-state index is 0. The van der Waals surface area contributed by atoms with Gasteiger partial charge in [-0.15, -0.1) is 0 Å². The Balaban J connectivity index is 0.00000256. The Kier molecular flexibility index (Phi) is 6.50. The first kappa shape index (κ1) is 16.2. The zero-order chi connectivity index (χ0) is 12.2. The van der Waals surface area contributed by atoms with Gasteiger partial charge in [-0.2, -0.15) is 0 Å². The molecule has 17 heavy (non-hydrogen) atoms. The van der Waals surface area contributed by atoms with Crippen molar-refractivity contribution in [3.8, 4) is 0 Å². The number of hydrogen-bond acceptors (Lipinski definition) is 4. The van der Waals surface area contributed by atoms with Crippen LogP contribution in [0, 0.1) is 6.92 Å². The van der Waals surface area contributed by atoms with Gasteiger partial charge in [0, 0.05) is 18.9 Å². The molecule has 1 rings (SSSR count). The van der Waals surface area contributed by atoms with E-state index in [0.717, 1.165) is 5.56 Å². The Labute approximate surface area is 112 Å². The number of sulfonamides is 1. The molecule has 0 radical (unpaired) electrons. The Bertz CT molecular complexity index is 470. The molecule has 0 spiro atoms. The van der Waals surface area contributed by atoms with Crippen LogP contribution < -0.4 is 28.7 Å². The predicted octanol–water partition coefficient (Wildman–Crippen LogP) is -3.58. The second kappa shape index (κ2) is 6.82. The topological polar surface area (TPSA) is 86.3 Å². The minimum Gasteiger partial charge on any atom is -0.550 e. The summed E-state index contributed by atoms with van der Waals surface area (Å²) in [4.78, 5) is 10.2. The molecule has 1 aromatic rings. The van der Waals surface area contributed by atoms with E-state index >= 15 is 0 Å². The van der Waals surface area contributed by atoms with Gasteiger partial charge in [-0.3, -0.25) is 0 Å². The van der Waals surface area contributed by atoms with Crippen LogP contribution in [0.5, 0.6) is 0 Å². The Morgan fingerprint density at radius 1 is 1.29 bits per heavy atom. The Morgan fingerprint density at radius 2 is 1.82 bits per heavy atom. The second-order valence-electron chi connectivity index (χ2n) is 3.33. The molecule has 0 saturated heterocycles. The molecular formula is C10H12LiNO4S. The number of nitrogens with one attached hydrogen (secondary N) is 1. The van der Waals surface area contributed by atoms with Crippen LogP contribution in [-0.2, 0) is 14.8 Å². The number of aliphatic carboxylic acids is 1. The van der Waals surface area contributed by atoms with Crippen LogP contribution in [0.25, 0.3) is 0 Å². The van der Waals surface area contributed by atoms with Crippen LogP contribution in [-0.4, -0.2) is 20.9 Å². The quantitative estimate of drug-likeness (QED) is 0.547. The standard InChI is InChI=1S/C10H13NO4S.Li/c1-8-2-4-9(5-3-8)16(14,15)11-7-6-10(12)13;/h2-5,11H,6-7H2,1H3,(H,12,13);/q;+1/p-1. The summed E-state index contributed by atoms with van der Waals surface area (Å²) in [5.74, 6) is -1.29. The summed E-state index contributed by atoms with van der Waals surface area (Å²) >= 11 is 0. The van der Waals surface area contributed by atoms with E-state index in [0.29, 0.717) is 0 Å². The van der Waals surface area contributed by atoms with E-state index in [9.17, 15) is 18.3 Å². The van der Waals surface area contributed by atoms with E-state index in [1.165, 1.54) is 12.1 Å². The number of carboxylic acids is 1. The second-order valence-corrected chi connectivity index (χ2v) is 5.10. The average molecular weight is 249 g/mol. The maximum absolute atomic E-state index is 11.6. The average Bonchev–Trinajstić information content (AvgIpc) is 2.17. The van der Waals surface area contributed by atoms with Crippen molar-refractivity contribution in [1.29, 1.82) is 0 Å². The number of aryl methyl sites for hydroxylation is 1. The van der Waals surface area contributed by atoms with Crippen molar-refractivity contribution in [2.45, 2.75) is 18.2 Å². The summed E-state index contributed by atoms with van der Waals surface area (Å²) < 4.78 is 25.4. The van der Waals surface area contributed by atoms with Gasteiger partial charge in [0.25, 0.3) is 0 Å². The first-order valence-electron chi connectivity index (χ1n) is 4.68. The minimum atomic E-state index is -3.61. The zero-order valence-electron chi connectivity index (χ0n) is 9.76. The molecule has 0 aliphatic heterocycles. The molecule has 0 aliphatic rings. The van der Waals surface area contributed by atoms with E-state index in [-0.39, 0.29) is 36.7 Å². The van der Waals surface area contributed by atoms with E-state index in [2.05, 4.69) is 4.72 Å². The van der Waals surface area contributed by atoms with E-state index in [1.807, 2.05) is 6.92 Å². The molecule has 88 valence electrons. The third-order valence-corrected chi connectivity index (χ3v) is 3.43. The number of rotatable bonds is 5. The zero-order valence-corrected chi connectivity index (χ0v) is 10.6. The van der Waals surface area contributed by atoms with Crippen LogP contribution in [0.3, 0.4) is 0 Å². The van der Waals surface area contributed by atoms with E-state index < -0.39 is 16.0 Å². The molecule has 0 atom stereocenters. The van der Waals surface area contributed by atoms with Crippen LogP contribution in [0.15, 0.2) is 29.2 Å². The SMILES string of the molecule is Cc1ccc(S(=O)(=O)NCCC(=O)[O-])cc1.[Li+]. The molecule has 1 N–H and O–H groups in total. The number of benzene rings is 1. The normalized spacial score (nSPS) is 10.6. The summed E-state index contributed by atoms with van der Waals surface area (Å²) in [6.07, 6.45) is -0.342. The fourth-order valence-electron chi connectivity index (χ4n) is 1.09. The van der Waals surface area contributed by atoms with Crippen molar-refractivity contribution in [3.05, 3.63) is 29.8 Å². The smallest absolute Gasteiger partial charge is 0.550 e. The van der Waals surface area contributed by atoms with Gasteiger partial charge in [0.05, 0.1) is 4.90 Å². The van der Waals surface area contributed by atoms with Crippen LogP contribution in [0.1, 0.15) is 12.0 Å². The van der Waals surface area contributed by atoms with Gasteiger partial charge in [0.15, 0.2) is 0 Å². The molecule has 0 fully saturated rings. The van der Waals surface area contributed by atoms with Gasteiger partial charge in [-0.05, 0) is 19.1 Å².